The molecule has 72 heavy (non-hydrogen) atoms. The van der Waals surface area contributed by atoms with Gasteiger partial charge in [-0.25, -0.2) is 9.59 Å². The summed E-state index contributed by atoms with van der Waals surface area (Å²) < 4.78 is 63.6. The number of ketones is 1. The minimum atomic E-state index is -2.44. The van der Waals surface area contributed by atoms with Gasteiger partial charge in [-0.05, 0) is 92.2 Å². The van der Waals surface area contributed by atoms with Gasteiger partial charge in [0.1, 0.15) is 24.1 Å². The van der Waals surface area contributed by atoms with Gasteiger partial charge in [-0.15, -0.1) is 0 Å². The van der Waals surface area contributed by atoms with Crippen LogP contribution in [0.15, 0.2) is 60.7 Å². The number of hydrogen-bond donors (Lipinski definition) is 2. The number of ether oxygens (including phenoxy) is 10. The number of esters is 4. The number of nitrogens with zero attached hydrogens (tertiary/aromatic N) is 1. The first-order valence-corrected chi connectivity index (χ1v) is 25.0. The van der Waals surface area contributed by atoms with Crippen LogP contribution in [-0.4, -0.2) is 164 Å². The molecule has 3 aliphatic heterocycles. The highest BCUT2D eigenvalue weighted by Crippen LogP contribution is 2.43. The molecule has 18 nitrogen and oxygen atoms in total. The van der Waals surface area contributed by atoms with Crippen LogP contribution in [0.4, 0.5) is 0 Å². The summed E-state index contributed by atoms with van der Waals surface area (Å²) >= 11 is 0. The summed E-state index contributed by atoms with van der Waals surface area (Å²) in [5.41, 5.74) is -4.42. The number of methoxy groups -OCH3 is 2. The van der Waals surface area contributed by atoms with E-state index in [4.69, 9.17) is 47.4 Å². The van der Waals surface area contributed by atoms with Crippen molar-refractivity contribution < 1.29 is 81.6 Å². The predicted molar refractivity (Wildman–Crippen MR) is 261 cm³/mol. The fourth-order valence-corrected chi connectivity index (χ4v) is 10.7. The quantitative estimate of drug-likeness (QED) is 0.171. The molecule has 0 amide bonds. The second-order valence-corrected chi connectivity index (χ2v) is 20.7. The molecule has 5 rings (SSSR count). The SMILES string of the molecule is CC[C@H]1OC(=O)[C@H](C)[C@@H](O[C@H]2C[C@@](C)(OC)[C@@H](OC(=O)c3ccccc3)[C@H](C)O2)[C@H](C)[C@@H](O[C@@H]2O[C@H](C)C[C@H](N(C)C)[C@H]2OC(=O)c2ccccc2)[C@](C)(OC)C[C@@H](C)C(=O)[C@H](C)[C@@H](O)[C@@]1(O)COC(C)=O. The maximum atomic E-state index is 14.9. The first-order valence-electron chi connectivity index (χ1n) is 25.0. The summed E-state index contributed by atoms with van der Waals surface area (Å²) in [6.07, 6.45) is -10.9. The molecule has 3 heterocycles. The van der Waals surface area contributed by atoms with Crippen LogP contribution in [0.3, 0.4) is 0 Å². The summed E-state index contributed by atoms with van der Waals surface area (Å²) in [5.74, 6) is -7.59. The zero-order valence-corrected chi connectivity index (χ0v) is 44.4. The topological polar surface area (TPSA) is 221 Å². The van der Waals surface area contributed by atoms with Crippen molar-refractivity contribution in [2.45, 2.75) is 179 Å². The van der Waals surface area contributed by atoms with Gasteiger partial charge in [0.05, 0.1) is 59.2 Å². The third-order valence-electron chi connectivity index (χ3n) is 15.0. The van der Waals surface area contributed by atoms with E-state index in [0.717, 1.165) is 6.92 Å². The molecule has 0 unspecified atom stereocenters. The van der Waals surface area contributed by atoms with E-state index in [1.54, 1.807) is 109 Å². The van der Waals surface area contributed by atoms with Gasteiger partial charge in [-0.3, -0.25) is 14.4 Å². The van der Waals surface area contributed by atoms with Crippen LogP contribution in [0.5, 0.6) is 0 Å². The molecule has 2 aromatic rings. The molecule has 3 aliphatic rings. The Kier molecular flexibility index (Phi) is 20.1. The Morgan fingerprint density at radius 2 is 1.32 bits per heavy atom. The lowest BCUT2D eigenvalue weighted by Gasteiger charge is -2.50. The molecule has 3 fully saturated rings. The van der Waals surface area contributed by atoms with Crippen LogP contribution in [0.2, 0.25) is 0 Å². The van der Waals surface area contributed by atoms with E-state index >= 15 is 0 Å². The van der Waals surface area contributed by atoms with E-state index in [9.17, 15) is 34.2 Å². The Hall–Kier alpha value is -4.37. The van der Waals surface area contributed by atoms with Gasteiger partial charge >= 0.3 is 23.9 Å². The Balaban J connectivity index is 1.65. The number of aliphatic hydroxyl groups is 2. The molecule has 2 N–H and O–H groups in total. The van der Waals surface area contributed by atoms with Crippen molar-refractivity contribution in [3.05, 3.63) is 71.8 Å². The maximum Gasteiger partial charge on any atom is 0.338 e. The molecule has 18 heteroatoms. The number of likely N-dealkylation sites (N-methyl/N-ethyl adjacent to an activating group) is 1. The van der Waals surface area contributed by atoms with Crippen LogP contribution in [0, 0.1) is 23.7 Å². The van der Waals surface area contributed by atoms with Crippen LogP contribution < -0.4 is 0 Å². The average Bonchev–Trinajstić information content (AvgIpc) is 3.36. The predicted octanol–water partition coefficient (Wildman–Crippen LogP) is 5.71. The lowest BCUT2D eigenvalue weighted by Crippen LogP contribution is -2.63. The molecule has 0 spiro atoms. The Bertz CT molecular complexity index is 2130. The Morgan fingerprint density at radius 3 is 1.85 bits per heavy atom. The molecule has 0 bridgehead atoms. The maximum absolute atomic E-state index is 14.9. The highest BCUT2D eigenvalue weighted by atomic mass is 16.7. The van der Waals surface area contributed by atoms with Gasteiger partial charge in [0, 0.05) is 45.3 Å². The van der Waals surface area contributed by atoms with Gasteiger partial charge in [0.2, 0.25) is 0 Å². The zero-order valence-electron chi connectivity index (χ0n) is 44.4. The van der Waals surface area contributed by atoms with Crippen LogP contribution in [0.1, 0.15) is 116 Å². The van der Waals surface area contributed by atoms with E-state index in [-0.39, 0.29) is 19.3 Å². The van der Waals surface area contributed by atoms with Crippen LogP contribution in [-0.2, 0) is 61.8 Å². The van der Waals surface area contributed by atoms with Crippen LogP contribution >= 0.6 is 0 Å². The molecular formula is C54H79NO17. The highest BCUT2D eigenvalue weighted by molar-refractivity contribution is 5.90. The second-order valence-electron chi connectivity index (χ2n) is 20.7. The first-order chi connectivity index (χ1) is 33.8. The molecule has 2 aromatic carbocycles. The van der Waals surface area contributed by atoms with Gasteiger partial charge in [0.15, 0.2) is 30.4 Å². The van der Waals surface area contributed by atoms with E-state index in [1.807, 2.05) is 25.9 Å². The number of cyclic esters (lactones) is 1. The molecule has 18 atom stereocenters. The minimum Gasteiger partial charge on any atom is -0.463 e. The molecule has 0 aromatic heterocycles. The number of carbonyl (C=O) groups excluding carboxylic acids is 5. The molecule has 3 saturated heterocycles. The number of hydrogen-bond acceptors (Lipinski definition) is 18. The third-order valence-corrected chi connectivity index (χ3v) is 15.0. The van der Waals surface area contributed by atoms with E-state index in [0.29, 0.717) is 17.5 Å². The van der Waals surface area contributed by atoms with E-state index in [2.05, 4.69) is 0 Å². The average molecular weight is 1010 g/mol. The zero-order chi connectivity index (χ0) is 53.5. The number of carbonyl (C=O) groups is 5. The van der Waals surface area contributed by atoms with Crippen molar-refractivity contribution in [1.82, 2.24) is 4.90 Å². The van der Waals surface area contributed by atoms with Gasteiger partial charge in [0.25, 0.3) is 0 Å². The summed E-state index contributed by atoms with van der Waals surface area (Å²) in [4.78, 5) is 70.9. The highest BCUT2D eigenvalue weighted by Gasteiger charge is 2.56. The van der Waals surface area contributed by atoms with Gasteiger partial charge < -0.3 is 62.5 Å². The van der Waals surface area contributed by atoms with Gasteiger partial charge in [-0.1, -0.05) is 64.1 Å². The fourth-order valence-electron chi connectivity index (χ4n) is 10.7. The first kappa shape index (κ1) is 58.5. The standard InChI is InChI=1S/C54H79NO17/c1-15-40-54(62,29-65-36(8)56)45(58)32(4)42(57)30(2)27-52(9,63-13)46(72-51-44(39(55(11)12)26-31(3)66-51)70-49(60)37-22-18-16-19-23-37)33(5)43(34(6)48(59)68-40)69-41-28-53(10,64-14)47(35(7)67-41)71-50(61)38-24-20-17-21-25-38/h16-25,30-35,39-41,43-47,51,58,62H,15,26-29H2,1-14H3/t30-,31-,32+,33+,34-,35+,39+,40-,41+,43+,44-,45-,46-,47+,51+,52-,53-,54-/m1/s1. The van der Waals surface area contributed by atoms with Crippen LogP contribution in [0.25, 0.3) is 0 Å². The Morgan fingerprint density at radius 1 is 0.764 bits per heavy atom. The Labute approximate surface area is 424 Å². The van der Waals surface area contributed by atoms with Crippen molar-refractivity contribution in [3.63, 3.8) is 0 Å². The molecule has 0 aliphatic carbocycles. The number of aliphatic hydroxyl groups excluding tert-OH is 1. The molecular weight excluding hydrogens is 935 g/mol. The van der Waals surface area contributed by atoms with Crippen molar-refractivity contribution in [2.75, 3.05) is 34.9 Å². The van der Waals surface area contributed by atoms with Crippen molar-refractivity contribution in [2.24, 2.45) is 23.7 Å². The summed E-state index contributed by atoms with van der Waals surface area (Å²) in [5, 5.41) is 24.3. The lowest BCUT2D eigenvalue weighted by atomic mass is 9.73. The fraction of sp³-hybridized carbons (Fsp3) is 0.685. The molecule has 0 radical (unpaired) electrons. The number of benzene rings is 2. The number of Topliss-reactive ketones (excluding diaryl/α,β-unsaturated/α-hetero) is 1. The van der Waals surface area contributed by atoms with Crippen molar-refractivity contribution in [3.8, 4) is 0 Å². The number of rotatable bonds is 14. The largest absolute Gasteiger partial charge is 0.463 e. The van der Waals surface area contributed by atoms with E-state index < -0.39 is 144 Å². The summed E-state index contributed by atoms with van der Waals surface area (Å²) in [6.45, 7) is 15.6. The summed E-state index contributed by atoms with van der Waals surface area (Å²) in [7, 11) is 6.69. The normalized spacial score (nSPS) is 38.3. The van der Waals surface area contributed by atoms with Crippen molar-refractivity contribution >= 4 is 29.7 Å². The molecule has 402 valence electrons. The summed E-state index contributed by atoms with van der Waals surface area (Å²) in [6, 6.07) is 16.7. The van der Waals surface area contributed by atoms with Crippen molar-refractivity contribution in [1.29, 1.82) is 0 Å². The smallest absolute Gasteiger partial charge is 0.338 e. The lowest BCUT2D eigenvalue weighted by molar-refractivity contribution is -0.318. The monoisotopic (exact) mass is 1010 g/mol. The molecule has 0 saturated carbocycles. The third kappa shape index (κ3) is 13.3. The minimum absolute atomic E-state index is 0.000745. The second kappa shape index (κ2) is 24.8. The van der Waals surface area contributed by atoms with E-state index in [1.165, 1.54) is 21.1 Å². The van der Waals surface area contributed by atoms with Gasteiger partial charge in [-0.2, -0.15) is 0 Å².